The van der Waals surface area contributed by atoms with Crippen LogP contribution in [0, 0.1) is 12.8 Å². The Balaban J connectivity index is 2.22. The minimum Gasteiger partial charge on any atom is -0.478 e. The Morgan fingerprint density at radius 2 is 2.25 bits per heavy atom. The topological polar surface area (TPSA) is 73.1 Å². The lowest BCUT2D eigenvalue weighted by Gasteiger charge is -2.42. The SMILES string of the molecule is CCOc1cc(C)nc(NC2(CN)CCCCC2C)n1. The summed E-state index contributed by atoms with van der Waals surface area (Å²) in [6, 6.07) is 1.86. The number of ether oxygens (including phenoxy) is 1. The smallest absolute Gasteiger partial charge is 0.226 e. The summed E-state index contributed by atoms with van der Waals surface area (Å²) in [5.41, 5.74) is 6.88. The molecule has 1 fully saturated rings. The second kappa shape index (κ2) is 6.39. The van der Waals surface area contributed by atoms with Crippen LogP contribution in [0.15, 0.2) is 6.07 Å². The fraction of sp³-hybridized carbons (Fsp3) is 0.733. The number of anilines is 1. The quantitative estimate of drug-likeness (QED) is 0.865. The van der Waals surface area contributed by atoms with Gasteiger partial charge in [0.2, 0.25) is 11.8 Å². The van der Waals surface area contributed by atoms with Crippen molar-refractivity contribution in [3.63, 3.8) is 0 Å². The van der Waals surface area contributed by atoms with Crippen LogP contribution in [-0.4, -0.2) is 28.7 Å². The van der Waals surface area contributed by atoms with Crippen LogP contribution >= 0.6 is 0 Å². The zero-order valence-electron chi connectivity index (χ0n) is 12.8. The molecule has 112 valence electrons. The van der Waals surface area contributed by atoms with Crippen molar-refractivity contribution in [3.8, 4) is 5.88 Å². The Labute approximate surface area is 121 Å². The number of hydrogen-bond acceptors (Lipinski definition) is 5. The van der Waals surface area contributed by atoms with Crippen LogP contribution in [0.2, 0.25) is 0 Å². The molecule has 1 aromatic rings. The maximum Gasteiger partial charge on any atom is 0.226 e. The maximum absolute atomic E-state index is 6.06. The van der Waals surface area contributed by atoms with Gasteiger partial charge in [-0.3, -0.25) is 0 Å². The standard InChI is InChI=1S/C15H26N4O/c1-4-20-13-9-12(3)17-14(18-13)19-15(10-16)8-6-5-7-11(15)2/h9,11H,4-8,10,16H2,1-3H3,(H,17,18,19). The Hall–Kier alpha value is -1.36. The first-order chi connectivity index (χ1) is 9.59. The Morgan fingerprint density at radius 3 is 2.90 bits per heavy atom. The van der Waals surface area contributed by atoms with Gasteiger partial charge in [0.25, 0.3) is 0 Å². The molecule has 0 aromatic carbocycles. The van der Waals surface area contributed by atoms with E-state index in [9.17, 15) is 0 Å². The Bertz CT molecular complexity index is 451. The van der Waals surface area contributed by atoms with Crippen LogP contribution in [0.3, 0.4) is 0 Å². The van der Waals surface area contributed by atoms with E-state index in [1.54, 1.807) is 0 Å². The second-order valence-corrected chi connectivity index (χ2v) is 5.74. The normalized spacial score (nSPS) is 26.3. The fourth-order valence-corrected chi connectivity index (χ4v) is 2.99. The molecule has 1 aliphatic carbocycles. The third-order valence-electron chi connectivity index (χ3n) is 4.30. The van der Waals surface area contributed by atoms with Crippen LogP contribution in [-0.2, 0) is 0 Å². The summed E-state index contributed by atoms with van der Waals surface area (Å²) in [7, 11) is 0. The lowest BCUT2D eigenvalue weighted by molar-refractivity contribution is 0.234. The number of rotatable bonds is 5. The van der Waals surface area contributed by atoms with Gasteiger partial charge in [0, 0.05) is 18.3 Å². The second-order valence-electron chi connectivity index (χ2n) is 5.74. The van der Waals surface area contributed by atoms with Gasteiger partial charge in [0.1, 0.15) is 0 Å². The number of nitrogens with two attached hydrogens (primary N) is 1. The van der Waals surface area contributed by atoms with Gasteiger partial charge in [-0.25, -0.2) is 4.98 Å². The molecule has 3 N–H and O–H groups in total. The van der Waals surface area contributed by atoms with Crippen molar-refractivity contribution in [2.24, 2.45) is 11.7 Å². The number of nitrogens with one attached hydrogen (secondary N) is 1. The van der Waals surface area contributed by atoms with Gasteiger partial charge in [0.15, 0.2) is 0 Å². The van der Waals surface area contributed by atoms with Gasteiger partial charge >= 0.3 is 0 Å². The number of aryl methyl sites for hydroxylation is 1. The van der Waals surface area contributed by atoms with E-state index in [0.717, 1.165) is 12.1 Å². The average Bonchev–Trinajstić information content (AvgIpc) is 2.41. The van der Waals surface area contributed by atoms with E-state index in [4.69, 9.17) is 10.5 Å². The molecular formula is C15H26N4O. The van der Waals surface area contributed by atoms with E-state index in [2.05, 4.69) is 22.2 Å². The minimum absolute atomic E-state index is 0.0878. The van der Waals surface area contributed by atoms with Crippen LogP contribution in [0.4, 0.5) is 5.95 Å². The molecule has 5 heteroatoms. The summed E-state index contributed by atoms with van der Waals surface area (Å²) in [6.45, 7) is 7.38. The van der Waals surface area contributed by atoms with Gasteiger partial charge in [0.05, 0.1) is 12.1 Å². The summed E-state index contributed by atoms with van der Waals surface area (Å²) in [4.78, 5) is 8.92. The van der Waals surface area contributed by atoms with E-state index in [-0.39, 0.29) is 5.54 Å². The zero-order chi connectivity index (χ0) is 14.6. The lowest BCUT2D eigenvalue weighted by atomic mass is 9.73. The first-order valence-electron chi connectivity index (χ1n) is 7.56. The van der Waals surface area contributed by atoms with Crippen molar-refractivity contribution < 1.29 is 4.74 Å². The zero-order valence-corrected chi connectivity index (χ0v) is 12.8. The molecule has 5 nitrogen and oxygen atoms in total. The first kappa shape index (κ1) is 15.0. The van der Waals surface area contributed by atoms with Crippen molar-refractivity contribution in [2.75, 3.05) is 18.5 Å². The van der Waals surface area contributed by atoms with E-state index in [1.807, 2.05) is 19.9 Å². The van der Waals surface area contributed by atoms with Gasteiger partial charge in [-0.05, 0) is 32.6 Å². The van der Waals surface area contributed by atoms with Crippen LogP contribution in [0.1, 0.15) is 45.2 Å². The minimum atomic E-state index is -0.0878. The van der Waals surface area contributed by atoms with Crippen molar-refractivity contribution in [2.45, 2.75) is 52.0 Å². The van der Waals surface area contributed by atoms with Crippen molar-refractivity contribution in [1.29, 1.82) is 0 Å². The fourth-order valence-electron chi connectivity index (χ4n) is 2.99. The van der Waals surface area contributed by atoms with E-state index < -0.39 is 0 Å². The van der Waals surface area contributed by atoms with Crippen molar-refractivity contribution in [1.82, 2.24) is 9.97 Å². The summed E-state index contributed by atoms with van der Waals surface area (Å²) in [6.07, 6.45) is 4.77. The predicted molar refractivity (Wildman–Crippen MR) is 81.0 cm³/mol. The third kappa shape index (κ3) is 3.20. The molecule has 0 spiro atoms. The van der Waals surface area contributed by atoms with Gasteiger partial charge in [-0.15, -0.1) is 0 Å². The molecule has 0 bridgehead atoms. The predicted octanol–water partition coefficient (Wildman–Crippen LogP) is 2.50. The number of hydrogen-bond donors (Lipinski definition) is 2. The van der Waals surface area contributed by atoms with Crippen LogP contribution in [0.5, 0.6) is 5.88 Å². The van der Waals surface area contributed by atoms with Crippen molar-refractivity contribution in [3.05, 3.63) is 11.8 Å². The molecule has 0 amide bonds. The molecule has 1 aliphatic rings. The van der Waals surface area contributed by atoms with Crippen LogP contribution in [0.25, 0.3) is 0 Å². The molecule has 2 atom stereocenters. The first-order valence-corrected chi connectivity index (χ1v) is 7.56. The monoisotopic (exact) mass is 278 g/mol. The highest BCUT2D eigenvalue weighted by atomic mass is 16.5. The Kier molecular flexibility index (Phi) is 4.81. The van der Waals surface area contributed by atoms with Gasteiger partial charge in [-0.1, -0.05) is 19.8 Å². The molecule has 2 unspecified atom stereocenters. The largest absolute Gasteiger partial charge is 0.478 e. The highest BCUT2D eigenvalue weighted by Crippen LogP contribution is 2.35. The van der Waals surface area contributed by atoms with Crippen LogP contribution < -0.4 is 15.8 Å². The molecular weight excluding hydrogens is 252 g/mol. The Morgan fingerprint density at radius 1 is 1.45 bits per heavy atom. The van der Waals surface area contributed by atoms with E-state index in [0.29, 0.717) is 30.9 Å². The molecule has 0 saturated heterocycles. The molecule has 1 heterocycles. The lowest BCUT2D eigenvalue weighted by Crippen LogP contribution is -2.52. The van der Waals surface area contributed by atoms with E-state index in [1.165, 1.54) is 19.3 Å². The van der Waals surface area contributed by atoms with E-state index >= 15 is 0 Å². The molecule has 2 rings (SSSR count). The van der Waals surface area contributed by atoms with Crippen molar-refractivity contribution >= 4 is 5.95 Å². The number of nitrogens with zero attached hydrogens (tertiary/aromatic N) is 2. The summed E-state index contributed by atoms with van der Waals surface area (Å²) in [5.74, 6) is 1.78. The molecule has 1 aromatic heterocycles. The number of aromatic nitrogens is 2. The summed E-state index contributed by atoms with van der Waals surface area (Å²) in [5, 5.41) is 3.51. The maximum atomic E-state index is 6.06. The molecule has 0 aliphatic heterocycles. The molecule has 1 saturated carbocycles. The summed E-state index contributed by atoms with van der Waals surface area (Å²) >= 11 is 0. The van der Waals surface area contributed by atoms with Gasteiger partial charge < -0.3 is 15.8 Å². The highest BCUT2D eigenvalue weighted by molar-refractivity contribution is 5.35. The average molecular weight is 278 g/mol. The highest BCUT2D eigenvalue weighted by Gasteiger charge is 2.37. The summed E-state index contributed by atoms with van der Waals surface area (Å²) < 4.78 is 5.49. The third-order valence-corrected chi connectivity index (χ3v) is 4.30. The molecule has 20 heavy (non-hydrogen) atoms. The molecule has 0 radical (unpaired) electrons. The van der Waals surface area contributed by atoms with Gasteiger partial charge in [-0.2, -0.15) is 4.98 Å².